The maximum atomic E-state index is 13.3. The number of rotatable bonds is 9. The van der Waals surface area contributed by atoms with Gasteiger partial charge in [-0.05, 0) is 42.8 Å². The van der Waals surface area contributed by atoms with E-state index < -0.39 is 20.9 Å². The van der Waals surface area contributed by atoms with Gasteiger partial charge in [0.1, 0.15) is 16.3 Å². The molecule has 0 aliphatic carbocycles. The quantitative estimate of drug-likeness (QED) is 0.418. The fourth-order valence-corrected chi connectivity index (χ4v) is 6.17. The van der Waals surface area contributed by atoms with Crippen LogP contribution in [0.2, 0.25) is 5.02 Å². The number of para-hydroxylation sites is 1. The number of aryl methyl sites for hydroxylation is 1. The van der Waals surface area contributed by atoms with E-state index in [2.05, 4.69) is 22.5 Å². The number of halogens is 1. The molecule has 186 valence electrons. The van der Waals surface area contributed by atoms with Gasteiger partial charge in [-0.2, -0.15) is 4.31 Å². The van der Waals surface area contributed by atoms with E-state index in [9.17, 15) is 18.0 Å². The molecule has 0 atom stereocenters. The van der Waals surface area contributed by atoms with Gasteiger partial charge in [-0.15, -0.1) is 0 Å². The van der Waals surface area contributed by atoms with Crippen LogP contribution in [-0.2, 0) is 16.4 Å². The molecule has 2 N–H and O–H groups in total. The van der Waals surface area contributed by atoms with Gasteiger partial charge in [0.2, 0.25) is 10.0 Å². The van der Waals surface area contributed by atoms with Gasteiger partial charge >= 0.3 is 0 Å². The Bertz CT molecular complexity index is 1390. The third kappa shape index (κ3) is 5.13. The fourth-order valence-electron chi connectivity index (χ4n) is 4.24. The van der Waals surface area contributed by atoms with Crippen molar-refractivity contribution in [2.45, 2.75) is 31.6 Å². The number of nitrogens with zero attached hydrogens (tertiary/aromatic N) is 2. The maximum absolute atomic E-state index is 13.3. The number of hydrogen-bond donors (Lipinski definition) is 2. The summed E-state index contributed by atoms with van der Waals surface area (Å²) < 4.78 is 28.0. The number of benzene rings is 2. The zero-order valence-electron chi connectivity index (χ0n) is 19.8. The van der Waals surface area contributed by atoms with Crippen molar-refractivity contribution in [1.29, 1.82) is 0 Å². The lowest BCUT2D eigenvalue weighted by Crippen LogP contribution is -2.48. The first-order valence-electron chi connectivity index (χ1n) is 11.7. The van der Waals surface area contributed by atoms with E-state index in [0.717, 1.165) is 30.6 Å². The van der Waals surface area contributed by atoms with E-state index >= 15 is 0 Å². The summed E-state index contributed by atoms with van der Waals surface area (Å²) in [7, 11) is -3.82. The molecule has 0 amide bonds. The summed E-state index contributed by atoms with van der Waals surface area (Å²) in [5.41, 5.74) is 1.14. The van der Waals surface area contributed by atoms with Crippen molar-refractivity contribution in [3.05, 3.63) is 73.5 Å². The fraction of sp³-hybridized carbons (Fsp3) is 0.360. The first-order valence-corrected chi connectivity index (χ1v) is 13.5. The molecule has 3 aromatic rings. The Balaban J connectivity index is 1.59. The van der Waals surface area contributed by atoms with Crippen LogP contribution in [0.5, 0.6) is 0 Å². The molecule has 0 unspecified atom stereocenters. The molecular formula is C25H29ClN4O4S. The molecule has 1 fully saturated rings. The molecule has 0 bridgehead atoms. The normalized spacial score (nSPS) is 15.4. The lowest BCUT2D eigenvalue weighted by molar-refractivity contribution is 0.196. The summed E-state index contributed by atoms with van der Waals surface area (Å²) in [6.45, 7) is 7.06. The molecule has 1 aliphatic heterocycles. The molecule has 8 nitrogen and oxygen atoms in total. The average Bonchev–Trinajstić information content (AvgIpc) is 2.87. The SMILES string of the molecule is CCCc1ccccc1Nc1c(Nc2ccc(Cl)c(S(=O)(=O)N3CCN(CC)CC3)c2)c(=O)c1=O. The van der Waals surface area contributed by atoms with Gasteiger partial charge in [-0.25, -0.2) is 8.42 Å². The first kappa shape index (κ1) is 25.4. The van der Waals surface area contributed by atoms with Crippen LogP contribution in [-0.4, -0.2) is 50.3 Å². The second kappa shape index (κ2) is 10.5. The van der Waals surface area contributed by atoms with Gasteiger partial charge in [0.05, 0.1) is 5.02 Å². The van der Waals surface area contributed by atoms with E-state index in [1.165, 1.54) is 16.4 Å². The van der Waals surface area contributed by atoms with Crippen molar-refractivity contribution in [1.82, 2.24) is 9.21 Å². The van der Waals surface area contributed by atoms with Gasteiger partial charge in [0, 0.05) is 37.6 Å². The minimum atomic E-state index is -3.82. The number of piperazine rings is 1. The van der Waals surface area contributed by atoms with Crippen molar-refractivity contribution < 1.29 is 8.42 Å². The topological polar surface area (TPSA) is 98.8 Å². The predicted molar refractivity (Wildman–Crippen MR) is 141 cm³/mol. The van der Waals surface area contributed by atoms with Crippen molar-refractivity contribution in [2.24, 2.45) is 0 Å². The molecule has 1 saturated heterocycles. The highest BCUT2D eigenvalue weighted by molar-refractivity contribution is 7.89. The Labute approximate surface area is 210 Å². The highest BCUT2D eigenvalue weighted by Gasteiger charge is 2.30. The highest BCUT2D eigenvalue weighted by Crippen LogP contribution is 2.31. The summed E-state index contributed by atoms with van der Waals surface area (Å²) in [5, 5.41) is 6.13. The van der Waals surface area contributed by atoms with Crippen molar-refractivity contribution in [2.75, 3.05) is 43.4 Å². The Morgan fingerprint density at radius 3 is 2.23 bits per heavy atom. The Kier molecular flexibility index (Phi) is 7.61. The lowest BCUT2D eigenvalue weighted by Gasteiger charge is -2.33. The molecule has 0 radical (unpaired) electrons. The van der Waals surface area contributed by atoms with Crippen molar-refractivity contribution in [3.63, 3.8) is 0 Å². The summed E-state index contributed by atoms with van der Waals surface area (Å²) >= 11 is 6.29. The Morgan fingerprint density at radius 2 is 1.57 bits per heavy atom. The van der Waals surface area contributed by atoms with Crippen LogP contribution in [0, 0.1) is 0 Å². The minimum Gasteiger partial charge on any atom is -0.350 e. The summed E-state index contributed by atoms with van der Waals surface area (Å²) in [4.78, 5) is 26.9. The summed E-state index contributed by atoms with van der Waals surface area (Å²) in [5.74, 6) is 0. The maximum Gasteiger partial charge on any atom is 0.253 e. The van der Waals surface area contributed by atoms with E-state index in [0.29, 0.717) is 31.9 Å². The van der Waals surface area contributed by atoms with Gasteiger partial charge in [-0.1, -0.05) is 50.1 Å². The largest absolute Gasteiger partial charge is 0.350 e. The number of anilines is 4. The van der Waals surface area contributed by atoms with Crippen molar-refractivity contribution >= 4 is 44.4 Å². The molecule has 1 heterocycles. The number of likely N-dealkylation sites (N-methyl/N-ethyl adjacent to an activating group) is 1. The molecule has 1 aliphatic rings. The third-order valence-electron chi connectivity index (χ3n) is 6.30. The van der Waals surface area contributed by atoms with Crippen LogP contribution in [0.15, 0.2) is 56.9 Å². The molecule has 10 heteroatoms. The van der Waals surface area contributed by atoms with Gasteiger partial charge < -0.3 is 15.5 Å². The van der Waals surface area contributed by atoms with E-state index in [-0.39, 0.29) is 21.3 Å². The monoisotopic (exact) mass is 516 g/mol. The molecule has 35 heavy (non-hydrogen) atoms. The van der Waals surface area contributed by atoms with Gasteiger partial charge in [0.15, 0.2) is 0 Å². The van der Waals surface area contributed by atoms with Gasteiger partial charge in [0.25, 0.3) is 10.9 Å². The molecule has 3 aromatic carbocycles. The van der Waals surface area contributed by atoms with E-state index in [1.54, 1.807) is 6.07 Å². The summed E-state index contributed by atoms with van der Waals surface area (Å²) in [6.07, 6.45) is 1.76. The standard InChI is InChI=1S/C25H29ClN4O4S/c1-3-7-17-8-5-6-9-20(17)28-23-22(24(31)25(23)32)27-18-10-11-19(26)21(16-18)35(33,34)30-14-12-29(4-2)13-15-30/h5-6,8-11,16,27-28H,3-4,7,12-15H2,1-2H3. The van der Waals surface area contributed by atoms with Crippen LogP contribution >= 0.6 is 11.6 Å². The predicted octanol–water partition coefficient (Wildman–Crippen LogP) is 3.70. The molecular weight excluding hydrogens is 488 g/mol. The van der Waals surface area contributed by atoms with Gasteiger partial charge in [-0.3, -0.25) is 9.59 Å². The smallest absolute Gasteiger partial charge is 0.253 e. The number of hydrogen-bond acceptors (Lipinski definition) is 7. The Morgan fingerprint density at radius 1 is 0.914 bits per heavy atom. The van der Waals surface area contributed by atoms with E-state index in [1.807, 2.05) is 31.2 Å². The second-order valence-electron chi connectivity index (χ2n) is 8.55. The zero-order chi connectivity index (χ0) is 25.2. The minimum absolute atomic E-state index is 0.0318. The molecule has 0 spiro atoms. The Hall–Kier alpha value is -2.72. The van der Waals surface area contributed by atoms with Crippen LogP contribution in [0.4, 0.5) is 22.7 Å². The van der Waals surface area contributed by atoms with Crippen LogP contribution in [0.3, 0.4) is 0 Å². The second-order valence-corrected chi connectivity index (χ2v) is 10.9. The lowest BCUT2D eigenvalue weighted by atomic mass is 10.1. The number of nitrogens with one attached hydrogen (secondary N) is 2. The van der Waals surface area contributed by atoms with Crippen molar-refractivity contribution in [3.8, 4) is 0 Å². The zero-order valence-corrected chi connectivity index (χ0v) is 21.4. The summed E-state index contributed by atoms with van der Waals surface area (Å²) in [6, 6.07) is 12.1. The molecule has 4 rings (SSSR count). The average molecular weight is 517 g/mol. The van der Waals surface area contributed by atoms with E-state index in [4.69, 9.17) is 11.6 Å². The van der Waals surface area contributed by atoms with Crippen LogP contribution in [0.25, 0.3) is 0 Å². The van der Waals surface area contributed by atoms with Crippen LogP contribution in [0.1, 0.15) is 25.8 Å². The molecule has 0 saturated carbocycles. The molecule has 0 aromatic heterocycles. The highest BCUT2D eigenvalue weighted by atomic mass is 35.5. The number of sulfonamides is 1. The third-order valence-corrected chi connectivity index (χ3v) is 8.68. The first-order chi connectivity index (χ1) is 16.8. The van der Waals surface area contributed by atoms with Crippen LogP contribution < -0.4 is 21.5 Å².